The molecule has 33 heavy (non-hydrogen) atoms. The average Bonchev–Trinajstić information content (AvgIpc) is 3.21. The fourth-order valence-corrected chi connectivity index (χ4v) is 3.74. The number of aromatic nitrogens is 3. The standard InChI is InChI=1S/C24H22ClN5O2S/c1-4-15-5-8-17(9-6-15)30-28-20-11-14(2)19(13-21(20)29-30)26-24(33)27-23(31)18-12-16(25)7-10-22(18)32-3/h5-13H,4H2,1-3H3,(H2,26,27,31,33). The number of nitrogens with zero attached hydrogens (tertiary/aromatic N) is 3. The summed E-state index contributed by atoms with van der Waals surface area (Å²) in [5, 5.41) is 15.5. The highest BCUT2D eigenvalue weighted by Crippen LogP contribution is 2.24. The molecule has 0 saturated carbocycles. The molecule has 0 spiro atoms. The van der Waals surface area contributed by atoms with Crippen molar-refractivity contribution in [3.63, 3.8) is 0 Å². The lowest BCUT2D eigenvalue weighted by molar-refractivity contribution is 0.0975. The molecular formula is C24H22ClN5O2S. The number of carbonyl (C=O) groups excluding carboxylic acids is 1. The van der Waals surface area contributed by atoms with Crippen LogP contribution in [0.2, 0.25) is 5.02 Å². The van der Waals surface area contributed by atoms with Crippen LogP contribution < -0.4 is 15.4 Å². The number of thiocarbonyl (C=S) groups is 1. The van der Waals surface area contributed by atoms with Crippen LogP contribution in [0, 0.1) is 6.92 Å². The van der Waals surface area contributed by atoms with Gasteiger partial charge in [0, 0.05) is 10.7 Å². The molecular weight excluding hydrogens is 458 g/mol. The lowest BCUT2D eigenvalue weighted by Gasteiger charge is -2.13. The summed E-state index contributed by atoms with van der Waals surface area (Å²) in [6.07, 6.45) is 0.976. The third-order valence-electron chi connectivity index (χ3n) is 5.18. The number of fused-ring (bicyclic) bond motifs is 1. The van der Waals surface area contributed by atoms with Gasteiger partial charge in [0.15, 0.2) is 5.11 Å². The minimum atomic E-state index is -0.424. The van der Waals surface area contributed by atoms with Gasteiger partial charge >= 0.3 is 0 Å². The Morgan fingerprint density at radius 1 is 1.09 bits per heavy atom. The molecule has 4 aromatic rings. The van der Waals surface area contributed by atoms with E-state index in [0.717, 1.165) is 28.9 Å². The van der Waals surface area contributed by atoms with E-state index in [9.17, 15) is 4.79 Å². The predicted octanol–water partition coefficient (Wildman–Crippen LogP) is 5.08. The first-order valence-electron chi connectivity index (χ1n) is 10.3. The number of hydrogen-bond acceptors (Lipinski definition) is 5. The van der Waals surface area contributed by atoms with Crippen molar-refractivity contribution in [3.05, 3.63) is 76.3 Å². The zero-order valence-electron chi connectivity index (χ0n) is 18.3. The van der Waals surface area contributed by atoms with Crippen molar-refractivity contribution in [1.29, 1.82) is 0 Å². The Morgan fingerprint density at radius 2 is 1.79 bits per heavy atom. The Hall–Kier alpha value is -3.49. The third kappa shape index (κ3) is 4.97. The van der Waals surface area contributed by atoms with E-state index < -0.39 is 5.91 Å². The molecule has 7 nitrogen and oxygen atoms in total. The van der Waals surface area contributed by atoms with Crippen LogP contribution in [0.3, 0.4) is 0 Å². The van der Waals surface area contributed by atoms with Gasteiger partial charge in [-0.15, -0.1) is 10.2 Å². The number of ether oxygens (including phenoxy) is 1. The Labute approximate surface area is 201 Å². The van der Waals surface area contributed by atoms with Crippen molar-refractivity contribution in [2.24, 2.45) is 0 Å². The van der Waals surface area contributed by atoms with Crippen LogP contribution in [0.4, 0.5) is 5.69 Å². The maximum Gasteiger partial charge on any atom is 0.261 e. The van der Waals surface area contributed by atoms with Crippen molar-refractivity contribution < 1.29 is 9.53 Å². The molecule has 1 amide bonds. The van der Waals surface area contributed by atoms with E-state index in [4.69, 9.17) is 28.6 Å². The molecule has 0 aliphatic carbocycles. The molecule has 0 fully saturated rings. The van der Waals surface area contributed by atoms with E-state index in [1.807, 2.05) is 31.2 Å². The summed E-state index contributed by atoms with van der Waals surface area (Å²) in [4.78, 5) is 14.3. The van der Waals surface area contributed by atoms with Gasteiger partial charge in [-0.3, -0.25) is 10.1 Å². The fraction of sp³-hybridized carbons (Fsp3) is 0.167. The largest absolute Gasteiger partial charge is 0.496 e. The van der Waals surface area contributed by atoms with Crippen molar-refractivity contribution in [2.45, 2.75) is 20.3 Å². The van der Waals surface area contributed by atoms with E-state index in [2.05, 4.69) is 39.9 Å². The zero-order chi connectivity index (χ0) is 23.5. The number of hydrogen-bond donors (Lipinski definition) is 2. The zero-order valence-corrected chi connectivity index (χ0v) is 19.9. The summed E-state index contributed by atoms with van der Waals surface area (Å²) in [5.74, 6) is -0.0204. The average molecular weight is 480 g/mol. The minimum absolute atomic E-state index is 0.145. The molecule has 168 valence electrons. The van der Waals surface area contributed by atoms with Crippen molar-refractivity contribution in [3.8, 4) is 11.4 Å². The number of methoxy groups -OCH3 is 1. The van der Waals surface area contributed by atoms with Crippen LogP contribution in [0.5, 0.6) is 5.75 Å². The van der Waals surface area contributed by atoms with Crippen LogP contribution in [0.25, 0.3) is 16.7 Å². The second kappa shape index (κ2) is 9.56. The summed E-state index contributed by atoms with van der Waals surface area (Å²) in [5.41, 5.74) is 5.52. The van der Waals surface area contributed by atoms with E-state index in [1.54, 1.807) is 16.9 Å². The van der Waals surface area contributed by atoms with Gasteiger partial charge < -0.3 is 10.1 Å². The summed E-state index contributed by atoms with van der Waals surface area (Å²) in [6.45, 7) is 4.05. The Kier molecular flexibility index (Phi) is 6.57. The Balaban J connectivity index is 1.53. The lowest BCUT2D eigenvalue weighted by Crippen LogP contribution is -2.34. The highest BCUT2D eigenvalue weighted by atomic mass is 35.5. The van der Waals surface area contributed by atoms with Crippen LogP contribution in [-0.4, -0.2) is 33.1 Å². The molecule has 9 heteroatoms. The molecule has 0 aliphatic heterocycles. The number of carbonyl (C=O) groups is 1. The smallest absolute Gasteiger partial charge is 0.261 e. The van der Waals surface area contributed by atoms with Crippen molar-refractivity contribution in [1.82, 2.24) is 20.3 Å². The molecule has 0 aliphatic rings. The van der Waals surface area contributed by atoms with Gasteiger partial charge in [-0.25, -0.2) is 0 Å². The van der Waals surface area contributed by atoms with Gasteiger partial charge in [-0.2, -0.15) is 4.80 Å². The molecule has 0 atom stereocenters. The number of benzene rings is 3. The number of rotatable bonds is 5. The van der Waals surface area contributed by atoms with Crippen molar-refractivity contribution in [2.75, 3.05) is 12.4 Å². The maximum atomic E-state index is 12.7. The Morgan fingerprint density at radius 3 is 2.45 bits per heavy atom. The number of anilines is 1. The number of nitrogens with one attached hydrogen (secondary N) is 2. The van der Waals surface area contributed by atoms with E-state index >= 15 is 0 Å². The molecule has 0 saturated heterocycles. The number of aryl methyl sites for hydroxylation is 2. The van der Waals surface area contributed by atoms with Gasteiger partial charge in [-0.05, 0) is 79.2 Å². The quantitative estimate of drug-likeness (QED) is 0.388. The summed E-state index contributed by atoms with van der Waals surface area (Å²) >= 11 is 11.4. The van der Waals surface area contributed by atoms with Gasteiger partial charge in [0.1, 0.15) is 16.8 Å². The van der Waals surface area contributed by atoms with E-state index in [1.165, 1.54) is 18.7 Å². The maximum absolute atomic E-state index is 12.7. The SMILES string of the molecule is CCc1ccc(-n2nc3cc(C)c(NC(=S)NC(=O)c4cc(Cl)ccc4OC)cc3n2)cc1. The first kappa shape index (κ1) is 22.7. The highest BCUT2D eigenvalue weighted by Gasteiger charge is 2.15. The molecule has 0 radical (unpaired) electrons. The van der Waals surface area contributed by atoms with Crippen LogP contribution in [0.15, 0.2) is 54.6 Å². The van der Waals surface area contributed by atoms with Crippen LogP contribution in [0.1, 0.15) is 28.4 Å². The molecule has 0 unspecified atom stereocenters. The van der Waals surface area contributed by atoms with Gasteiger partial charge in [-0.1, -0.05) is 30.7 Å². The first-order valence-corrected chi connectivity index (χ1v) is 11.1. The molecule has 4 rings (SSSR count). The molecule has 2 N–H and O–H groups in total. The van der Waals surface area contributed by atoms with E-state index in [0.29, 0.717) is 21.9 Å². The Bertz CT molecular complexity index is 1350. The topological polar surface area (TPSA) is 81.1 Å². The fourth-order valence-electron chi connectivity index (χ4n) is 3.36. The summed E-state index contributed by atoms with van der Waals surface area (Å²) < 4.78 is 5.24. The number of amides is 1. The molecule has 3 aromatic carbocycles. The highest BCUT2D eigenvalue weighted by molar-refractivity contribution is 7.80. The van der Waals surface area contributed by atoms with Crippen molar-refractivity contribution >= 4 is 51.6 Å². The summed E-state index contributed by atoms with van der Waals surface area (Å²) in [6, 6.07) is 16.7. The second-order valence-corrected chi connectivity index (χ2v) is 8.26. The van der Waals surface area contributed by atoms with Gasteiger partial charge in [0.25, 0.3) is 5.91 Å². The lowest BCUT2D eigenvalue weighted by atomic mass is 10.1. The molecule has 1 aromatic heterocycles. The van der Waals surface area contributed by atoms with E-state index in [-0.39, 0.29) is 5.11 Å². The monoisotopic (exact) mass is 479 g/mol. The van der Waals surface area contributed by atoms with Crippen LogP contribution in [-0.2, 0) is 6.42 Å². The predicted molar refractivity (Wildman–Crippen MR) is 135 cm³/mol. The first-order chi connectivity index (χ1) is 15.9. The third-order valence-corrected chi connectivity index (χ3v) is 5.62. The molecule has 0 bridgehead atoms. The normalized spacial score (nSPS) is 10.8. The number of halogens is 1. The summed E-state index contributed by atoms with van der Waals surface area (Å²) in [7, 11) is 1.49. The van der Waals surface area contributed by atoms with Gasteiger partial charge in [0.05, 0.1) is 18.4 Å². The van der Waals surface area contributed by atoms with Crippen LogP contribution >= 0.6 is 23.8 Å². The minimum Gasteiger partial charge on any atom is -0.496 e. The molecule has 1 heterocycles. The van der Waals surface area contributed by atoms with Gasteiger partial charge in [0.2, 0.25) is 0 Å². The second-order valence-electron chi connectivity index (χ2n) is 7.42.